The van der Waals surface area contributed by atoms with Gasteiger partial charge in [0.05, 0.1) is 6.61 Å². The van der Waals surface area contributed by atoms with Crippen LogP contribution in [0.4, 0.5) is 0 Å². The number of ether oxygens (including phenoxy) is 1. The lowest BCUT2D eigenvalue weighted by atomic mass is 10.1. The van der Waals surface area contributed by atoms with Gasteiger partial charge < -0.3 is 4.74 Å². The molecule has 2 nitrogen and oxygen atoms in total. The second-order valence-corrected chi connectivity index (χ2v) is 6.53. The lowest BCUT2D eigenvalue weighted by Crippen LogP contribution is -2.18. The second kappa shape index (κ2) is 9.54. The van der Waals surface area contributed by atoms with Crippen molar-refractivity contribution in [1.82, 2.24) is 0 Å². The van der Waals surface area contributed by atoms with Gasteiger partial charge in [-0.3, -0.25) is 4.79 Å². The summed E-state index contributed by atoms with van der Waals surface area (Å²) in [5.74, 6) is -0.135. The van der Waals surface area contributed by atoms with Gasteiger partial charge in [0.25, 0.3) is 0 Å². The molecule has 0 saturated heterocycles. The van der Waals surface area contributed by atoms with Gasteiger partial charge in [0.1, 0.15) is 4.83 Å². The van der Waals surface area contributed by atoms with Crippen molar-refractivity contribution in [3.63, 3.8) is 0 Å². The maximum absolute atomic E-state index is 11.6. The van der Waals surface area contributed by atoms with Crippen molar-refractivity contribution in [3.05, 3.63) is 34.3 Å². The van der Waals surface area contributed by atoms with E-state index in [0.717, 1.165) is 36.6 Å². The molecule has 1 unspecified atom stereocenters. The third-order valence-electron chi connectivity index (χ3n) is 2.83. The van der Waals surface area contributed by atoms with Crippen LogP contribution >= 0.6 is 31.9 Å². The van der Waals surface area contributed by atoms with E-state index >= 15 is 0 Å². The number of aryl methyl sites for hydroxylation is 1. The van der Waals surface area contributed by atoms with Crippen molar-refractivity contribution in [2.24, 2.45) is 0 Å². The quantitative estimate of drug-likeness (QED) is 0.358. The molecular formula is C15H20Br2O2. The largest absolute Gasteiger partial charge is 0.465 e. The normalized spacial score (nSPS) is 12.2. The van der Waals surface area contributed by atoms with Gasteiger partial charge >= 0.3 is 5.97 Å². The Labute approximate surface area is 132 Å². The summed E-state index contributed by atoms with van der Waals surface area (Å²) in [6.07, 6.45) is 4.74. The number of esters is 1. The van der Waals surface area contributed by atoms with E-state index in [2.05, 4.69) is 50.9 Å². The first-order valence-corrected chi connectivity index (χ1v) is 8.39. The fraction of sp³-hybridized carbons (Fsp3) is 0.533. The molecule has 1 atom stereocenters. The second-order valence-electron chi connectivity index (χ2n) is 4.51. The highest BCUT2D eigenvalue weighted by atomic mass is 79.9. The molecule has 0 spiro atoms. The molecule has 0 aromatic heterocycles. The first-order valence-electron chi connectivity index (χ1n) is 6.68. The standard InChI is InChI=1S/C15H20Br2O2/c1-2-3-11-19-15(18)14(17)6-4-5-12-7-9-13(16)10-8-12/h7-10,14H,2-6,11H2,1H3. The zero-order valence-electron chi connectivity index (χ0n) is 11.2. The monoisotopic (exact) mass is 390 g/mol. The highest BCUT2D eigenvalue weighted by Crippen LogP contribution is 2.15. The third kappa shape index (κ3) is 7.11. The molecule has 0 heterocycles. The highest BCUT2D eigenvalue weighted by Gasteiger charge is 2.15. The first kappa shape index (κ1) is 16.7. The van der Waals surface area contributed by atoms with Crippen molar-refractivity contribution in [3.8, 4) is 0 Å². The van der Waals surface area contributed by atoms with Crippen LogP contribution in [0.1, 0.15) is 38.2 Å². The maximum Gasteiger partial charge on any atom is 0.319 e. The van der Waals surface area contributed by atoms with E-state index in [0.29, 0.717) is 6.61 Å². The molecule has 0 bridgehead atoms. The third-order valence-corrected chi connectivity index (χ3v) is 4.19. The molecule has 0 radical (unpaired) electrons. The van der Waals surface area contributed by atoms with Crippen LogP contribution in [-0.2, 0) is 16.0 Å². The number of carbonyl (C=O) groups excluding carboxylic acids is 1. The molecule has 0 fully saturated rings. The van der Waals surface area contributed by atoms with Crippen LogP contribution in [0, 0.1) is 0 Å². The minimum Gasteiger partial charge on any atom is -0.465 e. The Morgan fingerprint density at radius 1 is 1.26 bits per heavy atom. The van der Waals surface area contributed by atoms with E-state index in [1.54, 1.807) is 0 Å². The van der Waals surface area contributed by atoms with Crippen molar-refractivity contribution in [2.75, 3.05) is 6.61 Å². The number of unbranched alkanes of at least 4 members (excludes halogenated alkanes) is 1. The minimum atomic E-state index is -0.181. The molecule has 0 aliphatic heterocycles. The zero-order chi connectivity index (χ0) is 14.1. The summed E-state index contributed by atoms with van der Waals surface area (Å²) in [5.41, 5.74) is 1.29. The van der Waals surface area contributed by atoms with Gasteiger partial charge in [-0.1, -0.05) is 57.3 Å². The van der Waals surface area contributed by atoms with E-state index in [1.165, 1.54) is 5.56 Å². The molecule has 0 aliphatic rings. The molecule has 0 aliphatic carbocycles. The molecule has 4 heteroatoms. The predicted octanol–water partition coefficient (Wildman–Crippen LogP) is 4.88. The molecule has 0 saturated carbocycles. The molecule has 0 amide bonds. The molecule has 1 rings (SSSR count). The SMILES string of the molecule is CCCCOC(=O)C(Br)CCCc1ccc(Br)cc1. The van der Waals surface area contributed by atoms with Gasteiger partial charge in [0, 0.05) is 4.47 Å². The minimum absolute atomic E-state index is 0.135. The Hall–Kier alpha value is -0.350. The van der Waals surface area contributed by atoms with Gasteiger partial charge in [-0.25, -0.2) is 0 Å². The smallest absolute Gasteiger partial charge is 0.319 e. The number of rotatable bonds is 8. The van der Waals surface area contributed by atoms with Gasteiger partial charge in [-0.2, -0.15) is 0 Å². The number of carbonyl (C=O) groups is 1. The number of benzene rings is 1. The lowest BCUT2D eigenvalue weighted by Gasteiger charge is -2.09. The van der Waals surface area contributed by atoms with Crippen molar-refractivity contribution in [1.29, 1.82) is 0 Å². The average molecular weight is 392 g/mol. The van der Waals surface area contributed by atoms with E-state index in [9.17, 15) is 4.79 Å². The van der Waals surface area contributed by atoms with Crippen LogP contribution < -0.4 is 0 Å². The Kier molecular flexibility index (Phi) is 8.38. The van der Waals surface area contributed by atoms with Crippen LogP contribution in [0.15, 0.2) is 28.7 Å². The first-order chi connectivity index (χ1) is 9.13. The number of halogens is 2. The summed E-state index contributed by atoms with van der Waals surface area (Å²) in [7, 11) is 0. The predicted molar refractivity (Wildman–Crippen MR) is 85.7 cm³/mol. The van der Waals surface area contributed by atoms with E-state index in [4.69, 9.17) is 4.74 Å². The summed E-state index contributed by atoms with van der Waals surface area (Å²) in [6, 6.07) is 8.29. The van der Waals surface area contributed by atoms with E-state index in [-0.39, 0.29) is 10.8 Å². The van der Waals surface area contributed by atoms with Crippen molar-refractivity contribution >= 4 is 37.8 Å². The number of hydrogen-bond acceptors (Lipinski definition) is 2. The fourth-order valence-electron chi connectivity index (χ4n) is 1.66. The average Bonchev–Trinajstić information content (AvgIpc) is 2.41. The summed E-state index contributed by atoms with van der Waals surface area (Å²) >= 11 is 6.82. The Morgan fingerprint density at radius 3 is 2.58 bits per heavy atom. The van der Waals surface area contributed by atoms with Gasteiger partial charge in [0.2, 0.25) is 0 Å². The lowest BCUT2D eigenvalue weighted by molar-refractivity contribution is -0.143. The van der Waals surface area contributed by atoms with Crippen LogP contribution in [-0.4, -0.2) is 17.4 Å². The Morgan fingerprint density at radius 2 is 1.95 bits per heavy atom. The van der Waals surface area contributed by atoms with Crippen LogP contribution in [0.5, 0.6) is 0 Å². The van der Waals surface area contributed by atoms with Crippen LogP contribution in [0.2, 0.25) is 0 Å². The fourth-order valence-corrected chi connectivity index (χ4v) is 2.38. The summed E-state index contributed by atoms with van der Waals surface area (Å²) in [5, 5.41) is 0. The van der Waals surface area contributed by atoms with E-state index < -0.39 is 0 Å². The summed E-state index contributed by atoms with van der Waals surface area (Å²) in [6.45, 7) is 2.61. The summed E-state index contributed by atoms with van der Waals surface area (Å²) < 4.78 is 6.26. The van der Waals surface area contributed by atoms with Crippen molar-refractivity contribution < 1.29 is 9.53 Å². The van der Waals surface area contributed by atoms with Gasteiger partial charge in [-0.05, 0) is 43.4 Å². The molecule has 19 heavy (non-hydrogen) atoms. The molecule has 1 aromatic carbocycles. The van der Waals surface area contributed by atoms with Crippen molar-refractivity contribution in [2.45, 2.75) is 43.9 Å². The van der Waals surface area contributed by atoms with E-state index in [1.807, 2.05) is 12.1 Å². The van der Waals surface area contributed by atoms with Crippen LogP contribution in [0.3, 0.4) is 0 Å². The van der Waals surface area contributed by atoms with Gasteiger partial charge in [-0.15, -0.1) is 0 Å². The Balaban J connectivity index is 2.20. The highest BCUT2D eigenvalue weighted by molar-refractivity contribution is 9.10. The van der Waals surface area contributed by atoms with Crippen LogP contribution in [0.25, 0.3) is 0 Å². The molecule has 106 valence electrons. The maximum atomic E-state index is 11.6. The molecule has 1 aromatic rings. The number of hydrogen-bond donors (Lipinski definition) is 0. The Bertz CT molecular complexity index is 376. The summed E-state index contributed by atoms with van der Waals surface area (Å²) in [4.78, 5) is 11.4. The van der Waals surface area contributed by atoms with Gasteiger partial charge in [0.15, 0.2) is 0 Å². The topological polar surface area (TPSA) is 26.3 Å². The molecule has 0 N–H and O–H groups in total. The number of alkyl halides is 1. The zero-order valence-corrected chi connectivity index (χ0v) is 14.4. The molecular weight excluding hydrogens is 372 g/mol.